The van der Waals surface area contributed by atoms with Crippen molar-refractivity contribution in [3.8, 4) is 0 Å². The van der Waals surface area contributed by atoms with Crippen LogP contribution in [0.1, 0.15) is 15.9 Å². The first-order valence-electron chi connectivity index (χ1n) is 5.37. The zero-order valence-corrected chi connectivity index (χ0v) is 9.82. The first-order chi connectivity index (χ1) is 8.10. The Hall–Kier alpha value is -1.68. The Morgan fingerprint density at radius 1 is 1.59 bits per heavy atom. The number of aliphatic hydroxyl groups excluding tert-OH is 1. The summed E-state index contributed by atoms with van der Waals surface area (Å²) in [5.74, 6) is -0.712. The van der Waals surface area contributed by atoms with Gasteiger partial charge in [-0.15, -0.1) is 6.58 Å². The molecule has 1 N–H and O–H groups in total. The van der Waals surface area contributed by atoms with Gasteiger partial charge in [0.05, 0.1) is 6.61 Å². The van der Waals surface area contributed by atoms with E-state index in [1.165, 1.54) is 11.0 Å². The molecule has 1 rings (SSSR count). The largest absolute Gasteiger partial charge is 0.395 e. The number of halogens is 1. The van der Waals surface area contributed by atoms with Gasteiger partial charge in [0.1, 0.15) is 5.82 Å². The van der Waals surface area contributed by atoms with Crippen molar-refractivity contribution in [2.45, 2.75) is 6.92 Å². The third-order valence-corrected chi connectivity index (χ3v) is 2.43. The third-order valence-electron chi connectivity index (χ3n) is 2.43. The number of nitrogens with zero attached hydrogens (tertiary/aromatic N) is 1. The van der Waals surface area contributed by atoms with Gasteiger partial charge in [0.2, 0.25) is 0 Å². The van der Waals surface area contributed by atoms with E-state index in [9.17, 15) is 9.18 Å². The van der Waals surface area contributed by atoms with Crippen LogP contribution in [0, 0.1) is 12.7 Å². The fourth-order valence-corrected chi connectivity index (χ4v) is 1.46. The van der Waals surface area contributed by atoms with Crippen LogP contribution in [0.5, 0.6) is 0 Å². The van der Waals surface area contributed by atoms with Crippen LogP contribution < -0.4 is 0 Å². The van der Waals surface area contributed by atoms with Crippen LogP contribution in [0.15, 0.2) is 30.9 Å². The van der Waals surface area contributed by atoms with Crippen LogP contribution in [0.2, 0.25) is 0 Å². The van der Waals surface area contributed by atoms with Gasteiger partial charge in [-0.1, -0.05) is 12.1 Å². The Labute approximate surface area is 100 Å². The summed E-state index contributed by atoms with van der Waals surface area (Å²) in [4.78, 5) is 13.4. The summed E-state index contributed by atoms with van der Waals surface area (Å²) in [6.45, 7) is 5.58. The smallest absolute Gasteiger partial charge is 0.254 e. The molecule has 1 aromatic carbocycles. The molecule has 0 spiro atoms. The highest BCUT2D eigenvalue weighted by Crippen LogP contribution is 2.11. The quantitative estimate of drug-likeness (QED) is 0.793. The Kier molecular flexibility index (Phi) is 4.84. The van der Waals surface area contributed by atoms with Gasteiger partial charge in [0.15, 0.2) is 0 Å². The van der Waals surface area contributed by atoms with Crippen molar-refractivity contribution in [3.05, 3.63) is 47.8 Å². The molecule has 0 unspecified atom stereocenters. The van der Waals surface area contributed by atoms with Crippen molar-refractivity contribution in [3.63, 3.8) is 0 Å². The molecule has 0 heterocycles. The first kappa shape index (κ1) is 13.4. The molecule has 0 aliphatic rings. The molecule has 0 radical (unpaired) electrons. The highest BCUT2D eigenvalue weighted by Gasteiger charge is 2.14. The van der Waals surface area contributed by atoms with Crippen molar-refractivity contribution in [1.29, 1.82) is 0 Å². The minimum Gasteiger partial charge on any atom is -0.395 e. The predicted molar refractivity (Wildman–Crippen MR) is 64.3 cm³/mol. The second kappa shape index (κ2) is 6.15. The molecule has 0 saturated heterocycles. The molecule has 0 aromatic heterocycles. The van der Waals surface area contributed by atoms with Crippen LogP contribution in [0.25, 0.3) is 0 Å². The summed E-state index contributed by atoms with van der Waals surface area (Å²) in [5, 5.41) is 8.86. The van der Waals surface area contributed by atoms with Gasteiger partial charge in [0.25, 0.3) is 5.91 Å². The van der Waals surface area contributed by atoms with Crippen molar-refractivity contribution >= 4 is 5.91 Å². The van der Waals surface area contributed by atoms with E-state index in [4.69, 9.17) is 5.11 Å². The standard InChI is InChI=1S/C13H16FNO2/c1-3-6-15(7-8-16)13(17)11-5-4-10(2)12(14)9-11/h3-5,9,16H,1,6-8H2,2H3. The molecule has 3 nitrogen and oxygen atoms in total. The molecule has 0 bridgehead atoms. The van der Waals surface area contributed by atoms with Gasteiger partial charge in [-0.3, -0.25) is 4.79 Å². The second-order valence-corrected chi connectivity index (χ2v) is 3.73. The summed E-state index contributed by atoms with van der Waals surface area (Å²) in [6, 6.07) is 4.35. The molecule has 0 saturated carbocycles. The van der Waals surface area contributed by atoms with E-state index in [-0.39, 0.29) is 24.6 Å². The summed E-state index contributed by atoms with van der Waals surface area (Å²) < 4.78 is 13.3. The highest BCUT2D eigenvalue weighted by molar-refractivity contribution is 5.94. The van der Waals surface area contributed by atoms with Gasteiger partial charge in [0, 0.05) is 18.7 Å². The number of benzene rings is 1. The monoisotopic (exact) mass is 237 g/mol. The van der Waals surface area contributed by atoms with E-state index in [1.54, 1.807) is 25.1 Å². The maximum Gasteiger partial charge on any atom is 0.254 e. The fourth-order valence-electron chi connectivity index (χ4n) is 1.46. The number of aliphatic hydroxyl groups is 1. The Bertz CT molecular complexity index is 418. The van der Waals surface area contributed by atoms with Gasteiger partial charge < -0.3 is 10.0 Å². The molecule has 0 fully saturated rings. The zero-order valence-electron chi connectivity index (χ0n) is 9.82. The van der Waals surface area contributed by atoms with Crippen LogP contribution in [0.3, 0.4) is 0 Å². The lowest BCUT2D eigenvalue weighted by Crippen LogP contribution is -2.33. The molecule has 92 valence electrons. The summed E-state index contributed by atoms with van der Waals surface area (Å²) in [6.07, 6.45) is 1.57. The van der Waals surface area contributed by atoms with E-state index in [1.807, 2.05) is 0 Å². The molecule has 1 aromatic rings. The topological polar surface area (TPSA) is 40.5 Å². The Morgan fingerprint density at radius 3 is 2.82 bits per heavy atom. The maximum absolute atomic E-state index is 13.3. The van der Waals surface area contributed by atoms with Crippen molar-refractivity contribution in [2.75, 3.05) is 19.7 Å². The minimum atomic E-state index is -0.404. The van der Waals surface area contributed by atoms with E-state index >= 15 is 0 Å². The number of carbonyl (C=O) groups is 1. The molecular formula is C13H16FNO2. The number of amides is 1. The maximum atomic E-state index is 13.3. The number of hydrogen-bond donors (Lipinski definition) is 1. The van der Waals surface area contributed by atoms with Gasteiger partial charge in [-0.25, -0.2) is 4.39 Å². The first-order valence-corrected chi connectivity index (χ1v) is 5.37. The average Bonchev–Trinajstić information content (AvgIpc) is 2.31. The van der Waals surface area contributed by atoms with E-state index < -0.39 is 5.82 Å². The van der Waals surface area contributed by atoms with E-state index in [0.29, 0.717) is 12.1 Å². The van der Waals surface area contributed by atoms with Crippen LogP contribution in [0.4, 0.5) is 4.39 Å². The molecule has 0 atom stereocenters. The van der Waals surface area contributed by atoms with Crippen molar-refractivity contribution in [2.24, 2.45) is 0 Å². The Balaban J connectivity index is 2.92. The van der Waals surface area contributed by atoms with Gasteiger partial charge in [-0.2, -0.15) is 0 Å². The number of aryl methyl sites for hydroxylation is 1. The van der Waals surface area contributed by atoms with Crippen molar-refractivity contribution < 1.29 is 14.3 Å². The average molecular weight is 237 g/mol. The lowest BCUT2D eigenvalue weighted by molar-refractivity contribution is 0.0742. The number of rotatable bonds is 5. The van der Waals surface area contributed by atoms with Crippen LogP contribution in [-0.2, 0) is 0 Å². The summed E-state index contributed by atoms with van der Waals surface area (Å²) in [7, 11) is 0. The molecule has 0 aliphatic heterocycles. The number of hydrogen-bond acceptors (Lipinski definition) is 2. The van der Waals surface area contributed by atoms with E-state index in [0.717, 1.165) is 0 Å². The molecule has 17 heavy (non-hydrogen) atoms. The van der Waals surface area contributed by atoms with Crippen LogP contribution >= 0.6 is 0 Å². The van der Waals surface area contributed by atoms with E-state index in [2.05, 4.69) is 6.58 Å². The zero-order chi connectivity index (χ0) is 12.8. The molecular weight excluding hydrogens is 221 g/mol. The third kappa shape index (κ3) is 3.39. The normalized spacial score (nSPS) is 10.1. The molecule has 0 aliphatic carbocycles. The summed E-state index contributed by atoms with van der Waals surface area (Å²) >= 11 is 0. The van der Waals surface area contributed by atoms with Gasteiger partial charge >= 0.3 is 0 Å². The SMILES string of the molecule is C=CCN(CCO)C(=O)c1ccc(C)c(F)c1. The predicted octanol–water partition coefficient (Wildman–Crippen LogP) is 1.75. The van der Waals surface area contributed by atoms with Crippen molar-refractivity contribution in [1.82, 2.24) is 4.90 Å². The molecule has 1 amide bonds. The lowest BCUT2D eigenvalue weighted by Gasteiger charge is -2.20. The summed E-state index contributed by atoms with van der Waals surface area (Å²) in [5.41, 5.74) is 0.780. The van der Waals surface area contributed by atoms with Crippen LogP contribution in [-0.4, -0.2) is 35.6 Å². The fraction of sp³-hybridized carbons (Fsp3) is 0.308. The second-order valence-electron chi connectivity index (χ2n) is 3.73. The number of carbonyl (C=O) groups excluding carboxylic acids is 1. The lowest BCUT2D eigenvalue weighted by atomic mass is 10.1. The van der Waals surface area contributed by atoms with Gasteiger partial charge in [-0.05, 0) is 24.6 Å². The Morgan fingerprint density at radius 2 is 2.29 bits per heavy atom. The highest BCUT2D eigenvalue weighted by atomic mass is 19.1. The minimum absolute atomic E-state index is 0.131. The molecule has 4 heteroatoms.